The second-order valence-corrected chi connectivity index (χ2v) is 6.54. The van der Waals surface area contributed by atoms with E-state index in [9.17, 15) is 4.79 Å². The minimum atomic E-state index is 0.0529. The molecule has 1 saturated heterocycles. The van der Waals surface area contributed by atoms with Crippen molar-refractivity contribution in [1.82, 2.24) is 14.8 Å². The summed E-state index contributed by atoms with van der Waals surface area (Å²) in [4.78, 5) is 20.8. The van der Waals surface area contributed by atoms with Crippen LogP contribution in [0.3, 0.4) is 0 Å². The molecule has 3 rings (SSSR count). The number of benzene rings is 1. The second-order valence-electron chi connectivity index (χ2n) is 6.54. The summed E-state index contributed by atoms with van der Waals surface area (Å²) in [6.07, 6.45) is 7.13. The fourth-order valence-electron chi connectivity index (χ4n) is 3.12. The lowest BCUT2D eigenvalue weighted by atomic mass is 10.1. The second kappa shape index (κ2) is 8.63. The van der Waals surface area contributed by atoms with Gasteiger partial charge in [-0.15, -0.1) is 0 Å². The number of methoxy groups -OCH3 is 1. The van der Waals surface area contributed by atoms with Gasteiger partial charge in [-0.3, -0.25) is 14.7 Å². The smallest absolute Gasteiger partial charge is 0.246 e. The third-order valence-corrected chi connectivity index (χ3v) is 4.63. The molecule has 1 aromatic carbocycles. The average Bonchev–Trinajstić information content (AvgIpc) is 2.67. The van der Waals surface area contributed by atoms with E-state index < -0.39 is 0 Å². The summed E-state index contributed by atoms with van der Waals surface area (Å²) in [5, 5.41) is 0. The molecule has 1 aliphatic heterocycles. The van der Waals surface area contributed by atoms with Crippen LogP contribution in [0.4, 0.5) is 0 Å². The molecule has 0 N–H and O–H groups in total. The number of rotatable bonds is 5. The summed E-state index contributed by atoms with van der Waals surface area (Å²) >= 11 is 0. The van der Waals surface area contributed by atoms with Gasteiger partial charge in [0, 0.05) is 56.8 Å². The summed E-state index contributed by atoms with van der Waals surface area (Å²) in [6, 6.07) is 10.0. The molecule has 1 fully saturated rings. The van der Waals surface area contributed by atoms with Crippen LogP contribution in [0.5, 0.6) is 5.75 Å². The van der Waals surface area contributed by atoms with Crippen molar-refractivity contribution in [3.8, 4) is 5.75 Å². The minimum Gasteiger partial charge on any atom is -0.496 e. The number of piperazine rings is 1. The van der Waals surface area contributed by atoms with Crippen molar-refractivity contribution in [2.24, 2.45) is 0 Å². The summed E-state index contributed by atoms with van der Waals surface area (Å²) in [5.74, 6) is 0.832. The van der Waals surface area contributed by atoms with Crippen LogP contribution in [0.2, 0.25) is 0 Å². The van der Waals surface area contributed by atoms with Crippen molar-refractivity contribution >= 4 is 12.0 Å². The lowest BCUT2D eigenvalue weighted by Gasteiger charge is -2.34. The van der Waals surface area contributed by atoms with E-state index in [1.807, 2.05) is 60.6 Å². The first-order valence-electron chi connectivity index (χ1n) is 8.88. The molecule has 0 radical (unpaired) electrons. The van der Waals surface area contributed by atoms with Gasteiger partial charge in [0.25, 0.3) is 0 Å². The molecule has 0 atom stereocenters. The van der Waals surface area contributed by atoms with Crippen LogP contribution in [0, 0.1) is 6.92 Å². The van der Waals surface area contributed by atoms with E-state index in [2.05, 4.69) is 9.88 Å². The number of carbonyl (C=O) groups excluding carboxylic acids is 1. The quantitative estimate of drug-likeness (QED) is 0.777. The Morgan fingerprint density at radius 3 is 2.58 bits per heavy atom. The van der Waals surface area contributed by atoms with Crippen molar-refractivity contribution in [1.29, 1.82) is 0 Å². The van der Waals surface area contributed by atoms with E-state index in [4.69, 9.17) is 4.74 Å². The maximum Gasteiger partial charge on any atom is 0.246 e. The molecule has 0 spiro atoms. The normalized spacial score (nSPS) is 15.4. The van der Waals surface area contributed by atoms with Crippen LogP contribution in [0.1, 0.15) is 16.7 Å². The first-order chi connectivity index (χ1) is 12.7. The molecule has 2 aromatic rings. The number of amides is 1. The predicted molar refractivity (Wildman–Crippen MR) is 103 cm³/mol. The summed E-state index contributed by atoms with van der Waals surface area (Å²) in [7, 11) is 1.64. The van der Waals surface area contributed by atoms with Gasteiger partial charge >= 0.3 is 0 Å². The molecule has 1 aliphatic rings. The van der Waals surface area contributed by atoms with E-state index in [0.717, 1.165) is 49.6 Å². The van der Waals surface area contributed by atoms with Crippen LogP contribution in [-0.2, 0) is 11.3 Å². The number of aromatic nitrogens is 1. The van der Waals surface area contributed by atoms with Gasteiger partial charge in [0.05, 0.1) is 7.11 Å². The molecule has 2 heterocycles. The Balaban J connectivity index is 1.54. The van der Waals surface area contributed by atoms with E-state index in [0.29, 0.717) is 0 Å². The highest BCUT2D eigenvalue weighted by Gasteiger charge is 2.19. The monoisotopic (exact) mass is 351 g/mol. The fraction of sp³-hybridized carbons (Fsp3) is 0.333. The standard InChI is InChI=1S/C21H25N3O2/c1-17-3-5-20(26-2)19(15-17)4-6-21(25)24-13-11-23(12-14-24)16-18-7-9-22-10-8-18/h3-10,15H,11-14,16H2,1-2H3/b6-4+. The van der Waals surface area contributed by atoms with E-state index in [1.165, 1.54) is 5.56 Å². The number of ether oxygens (including phenoxy) is 1. The maximum atomic E-state index is 12.5. The van der Waals surface area contributed by atoms with Crippen molar-refractivity contribution in [3.05, 3.63) is 65.5 Å². The van der Waals surface area contributed by atoms with Gasteiger partial charge in [0.1, 0.15) is 5.75 Å². The lowest BCUT2D eigenvalue weighted by Crippen LogP contribution is -2.47. The number of hydrogen-bond donors (Lipinski definition) is 0. The highest BCUT2D eigenvalue weighted by molar-refractivity contribution is 5.92. The molecule has 0 bridgehead atoms. The predicted octanol–water partition coefficient (Wildman–Crippen LogP) is 2.76. The SMILES string of the molecule is COc1ccc(C)cc1/C=C/C(=O)N1CCN(Cc2ccncc2)CC1. The lowest BCUT2D eigenvalue weighted by molar-refractivity contribution is -0.127. The Morgan fingerprint density at radius 1 is 1.15 bits per heavy atom. The molecular weight excluding hydrogens is 326 g/mol. The number of carbonyl (C=O) groups is 1. The average molecular weight is 351 g/mol. The van der Waals surface area contributed by atoms with Crippen molar-refractivity contribution < 1.29 is 9.53 Å². The van der Waals surface area contributed by atoms with Crippen LogP contribution >= 0.6 is 0 Å². The Labute approximate surface area is 154 Å². The third kappa shape index (κ3) is 4.70. The molecule has 1 amide bonds. The van der Waals surface area contributed by atoms with E-state index in [1.54, 1.807) is 13.2 Å². The highest BCUT2D eigenvalue weighted by Crippen LogP contribution is 2.21. The molecule has 0 unspecified atom stereocenters. The first kappa shape index (κ1) is 18.1. The number of aryl methyl sites for hydroxylation is 1. The van der Waals surface area contributed by atoms with Gasteiger partial charge in [-0.2, -0.15) is 0 Å². The molecule has 5 nitrogen and oxygen atoms in total. The highest BCUT2D eigenvalue weighted by atomic mass is 16.5. The van der Waals surface area contributed by atoms with Gasteiger partial charge in [0.2, 0.25) is 5.91 Å². The van der Waals surface area contributed by atoms with Crippen LogP contribution in [0.25, 0.3) is 6.08 Å². The zero-order chi connectivity index (χ0) is 18.4. The molecule has 26 heavy (non-hydrogen) atoms. The van der Waals surface area contributed by atoms with Gasteiger partial charge < -0.3 is 9.64 Å². The van der Waals surface area contributed by atoms with Gasteiger partial charge in [-0.1, -0.05) is 11.6 Å². The third-order valence-electron chi connectivity index (χ3n) is 4.63. The summed E-state index contributed by atoms with van der Waals surface area (Å²) < 4.78 is 5.36. The zero-order valence-corrected chi connectivity index (χ0v) is 15.4. The van der Waals surface area contributed by atoms with Gasteiger partial charge in [-0.25, -0.2) is 0 Å². The van der Waals surface area contributed by atoms with Crippen LogP contribution in [0.15, 0.2) is 48.8 Å². The Kier molecular flexibility index (Phi) is 6.02. The van der Waals surface area contributed by atoms with Crippen molar-refractivity contribution in [2.75, 3.05) is 33.3 Å². The van der Waals surface area contributed by atoms with Gasteiger partial charge in [-0.05, 0) is 42.8 Å². The van der Waals surface area contributed by atoms with Gasteiger partial charge in [0.15, 0.2) is 0 Å². The molecule has 136 valence electrons. The number of hydrogen-bond acceptors (Lipinski definition) is 4. The molecule has 0 saturated carbocycles. The van der Waals surface area contributed by atoms with Crippen molar-refractivity contribution in [3.63, 3.8) is 0 Å². The summed E-state index contributed by atoms with van der Waals surface area (Å²) in [6.45, 7) is 6.20. The largest absolute Gasteiger partial charge is 0.496 e. The van der Waals surface area contributed by atoms with Crippen molar-refractivity contribution in [2.45, 2.75) is 13.5 Å². The fourth-order valence-corrected chi connectivity index (χ4v) is 3.12. The summed E-state index contributed by atoms with van der Waals surface area (Å²) in [5.41, 5.74) is 3.33. The van der Waals surface area contributed by atoms with Crippen LogP contribution < -0.4 is 4.74 Å². The first-order valence-corrected chi connectivity index (χ1v) is 8.88. The van der Waals surface area contributed by atoms with Crippen LogP contribution in [-0.4, -0.2) is 54.0 Å². The molecule has 1 aromatic heterocycles. The Hall–Kier alpha value is -2.66. The molecule has 5 heteroatoms. The number of pyridine rings is 1. The maximum absolute atomic E-state index is 12.5. The number of nitrogens with zero attached hydrogens (tertiary/aromatic N) is 3. The van der Waals surface area contributed by atoms with E-state index in [-0.39, 0.29) is 5.91 Å². The molecule has 0 aliphatic carbocycles. The Bertz CT molecular complexity index is 766. The van der Waals surface area contributed by atoms with E-state index >= 15 is 0 Å². The zero-order valence-electron chi connectivity index (χ0n) is 15.4. The topological polar surface area (TPSA) is 45.7 Å². The molecular formula is C21H25N3O2. The Morgan fingerprint density at radius 2 is 1.88 bits per heavy atom. The minimum absolute atomic E-state index is 0.0529.